The predicted molar refractivity (Wildman–Crippen MR) is 64.6 cm³/mol. The summed E-state index contributed by atoms with van der Waals surface area (Å²) in [6, 6.07) is 1.92. The van der Waals surface area contributed by atoms with Gasteiger partial charge in [0.15, 0.2) is 0 Å². The molecule has 1 rings (SSSR count). The molecule has 0 aliphatic carbocycles. The van der Waals surface area contributed by atoms with Crippen LogP contribution in [0.15, 0.2) is 10.5 Å². The van der Waals surface area contributed by atoms with Crippen molar-refractivity contribution in [3.8, 4) is 11.5 Å². The van der Waals surface area contributed by atoms with Gasteiger partial charge in [-0.3, -0.25) is 0 Å². The van der Waals surface area contributed by atoms with Gasteiger partial charge in [-0.1, -0.05) is 15.9 Å². The van der Waals surface area contributed by atoms with Gasteiger partial charge in [-0.05, 0) is 34.5 Å². The molecule has 0 aromatic heterocycles. The van der Waals surface area contributed by atoms with E-state index in [9.17, 15) is 0 Å². The van der Waals surface area contributed by atoms with Crippen molar-refractivity contribution in [2.45, 2.75) is 12.3 Å². The highest BCUT2D eigenvalue weighted by Crippen LogP contribution is 2.37. The molecule has 4 heteroatoms. The number of ether oxygens (including phenoxy) is 2. The molecule has 0 saturated carbocycles. The summed E-state index contributed by atoms with van der Waals surface area (Å²) in [5, 5.41) is 0.756. The predicted octanol–water partition coefficient (Wildman–Crippen LogP) is 3.67. The molecule has 0 unspecified atom stereocenters. The fourth-order valence-corrected chi connectivity index (χ4v) is 2.73. The van der Waals surface area contributed by atoms with Crippen LogP contribution in [0.2, 0.25) is 0 Å². The lowest BCUT2D eigenvalue weighted by molar-refractivity contribution is 0.395. The molecule has 0 atom stereocenters. The minimum atomic E-state index is 0.756. The Morgan fingerprint density at radius 1 is 1.29 bits per heavy atom. The van der Waals surface area contributed by atoms with Crippen molar-refractivity contribution < 1.29 is 9.47 Å². The Morgan fingerprint density at radius 2 is 1.93 bits per heavy atom. The summed E-state index contributed by atoms with van der Waals surface area (Å²) in [4.78, 5) is 0. The zero-order valence-electron chi connectivity index (χ0n) is 8.36. The summed E-state index contributed by atoms with van der Waals surface area (Å²) in [5.74, 6) is 1.73. The molecule has 0 heterocycles. The van der Waals surface area contributed by atoms with E-state index in [1.54, 1.807) is 14.2 Å². The minimum Gasteiger partial charge on any atom is -0.496 e. The Hall–Kier alpha value is -0.220. The summed E-state index contributed by atoms with van der Waals surface area (Å²) in [7, 11) is 3.33. The number of rotatable bonds is 3. The Bertz CT molecular complexity index is 337. The molecule has 2 nitrogen and oxygen atoms in total. The zero-order valence-corrected chi connectivity index (χ0v) is 11.5. The number of halogens is 2. The lowest BCUT2D eigenvalue weighted by atomic mass is 10.1. The molecule has 14 heavy (non-hydrogen) atoms. The molecule has 0 aliphatic heterocycles. The quantitative estimate of drug-likeness (QED) is 0.790. The standard InChI is InChI=1S/C10H12Br2O2/c1-6-7(5-11)9(13-2)4-8(12)10(6)14-3/h4H,5H2,1-3H3. The molecular weight excluding hydrogens is 312 g/mol. The van der Waals surface area contributed by atoms with E-state index in [1.165, 1.54) is 0 Å². The van der Waals surface area contributed by atoms with Crippen molar-refractivity contribution >= 4 is 31.9 Å². The third-order valence-corrected chi connectivity index (χ3v) is 3.27. The van der Waals surface area contributed by atoms with Gasteiger partial charge >= 0.3 is 0 Å². The molecule has 0 fully saturated rings. The van der Waals surface area contributed by atoms with Crippen molar-refractivity contribution in [1.82, 2.24) is 0 Å². The van der Waals surface area contributed by atoms with Gasteiger partial charge in [0, 0.05) is 10.9 Å². The largest absolute Gasteiger partial charge is 0.496 e. The molecule has 0 N–H and O–H groups in total. The molecule has 0 bridgehead atoms. The first-order valence-electron chi connectivity index (χ1n) is 4.11. The number of methoxy groups -OCH3 is 2. The minimum absolute atomic E-state index is 0.756. The maximum atomic E-state index is 5.29. The summed E-state index contributed by atoms with van der Waals surface area (Å²) in [6.45, 7) is 2.02. The van der Waals surface area contributed by atoms with Gasteiger partial charge < -0.3 is 9.47 Å². The van der Waals surface area contributed by atoms with Gasteiger partial charge in [0.2, 0.25) is 0 Å². The Kier molecular flexibility index (Phi) is 4.26. The number of benzene rings is 1. The lowest BCUT2D eigenvalue weighted by Crippen LogP contribution is -1.97. The fraction of sp³-hybridized carbons (Fsp3) is 0.400. The Labute approximate surface area is 101 Å². The highest BCUT2D eigenvalue weighted by molar-refractivity contribution is 9.10. The topological polar surface area (TPSA) is 18.5 Å². The fourth-order valence-electron chi connectivity index (χ4n) is 1.37. The van der Waals surface area contributed by atoms with Crippen LogP contribution < -0.4 is 9.47 Å². The van der Waals surface area contributed by atoms with Gasteiger partial charge in [0.1, 0.15) is 11.5 Å². The molecule has 1 aromatic carbocycles. The smallest absolute Gasteiger partial charge is 0.136 e. The molecule has 0 saturated heterocycles. The highest BCUT2D eigenvalue weighted by atomic mass is 79.9. The Balaban J connectivity index is 3.39. The monoisotopic (exact) mass is 322 g/mol. The lowest BCUT2D eigenvalue weighted by Gasteiger charge is -2.14. The van der Waals surface area contributed by atoms with Crippen LogP contribution in [0.25, 0.3) is 0 Å². The number of hydrogen-bond acceptors (Lipinski definition) is 2. The van der Waals surface area contributed by atoms with E-state index in [0.717, 1.165) is 32.4 Å². The van der Waals surface area contributed by atoms with Gasteiger partial charge in [0.05, 0.1) is 18.7 Å². The summed E-state index contributed by atoms with van der Waals surface area (Å²) < 4.78 is 11.5. The second-order valence-electron chi connectivity index (χ2n) is 2.83. The van der Waals surface area contributed by atoms with E-state index in [4.69, 9.17) is 9.47 Å². The van der Waals surface area contributed by atoms with Gasteiger partial charge in [-0.15, -0.1) is 0 Å². The second-order valence-corrected chi connectivity index (χ2v) is 4.25. The Morgan fingerprint density at radius 3 is 2.36 bits per heavy atom. The number of alkyl halides is 1. The van der Waals surface area contributed by atoms with Crippen LogP contribution in [0.3, 0.4) is 0 Å². The van der Waals surface area contributed by atoms with Crippen LogP contribution in [0.1, 0.15) is 11.1 Å². The first-order chi connectivity index (χ1) is 6.65. The van der Waals surface area contributed by atoms with E-state index < -0.39 is 0 Å². The van der Waals surface area contributed by atoms with Crippen molar-refractivity contribution in [2.75, 3.05) is 14.2 Å². The van der Waals surface area contributed by atoms with Crippen LogP contribution >= 0.6 is 31.9 Å². The average molecular weight is 324 g/mol. The van der Waals surface area contributed by atoms with Crippen LogP contribution in [0.5, 0.6) is 11.5 Å². The van der Waals surface area contributed by atoms with Gasteiger partial charge in [-0.2, -0.15) is 0 Å². The maximum Gasteiger partial charge on any atom is 0.136 e. The van der Waals surface area contributed by atoms with Crippen LogP contribution in [0, 0.1) is 6.92 Å². The van der Waals surface area contributed by atoms with E-state index in [2.05, 4.69) is 31.9 Å². The summed E-state index contributed by atoms with van der Waals surface area (Å²) >= 11 is 6.88. The van der Waals surface area contributed by atoms with Crippen molar-refractivity contribution in [1.29, 1.82) is 0 Å². The summed E-state index contributed by atoms with van der Waals surface area (Å²) in [5.41, 5.74) is 2.21. The van der Waals surface area contributed by atoms with E-state index in [0.29, 0.717) is 0 Å². The van der Waals surface area contributed by atoms with E-state index >= 15 is 0 Å². The normalized spacial score (nSPS) is 10.1. The molecule has 0 aliphatic rings. The SMILES string of the molecule is COc1cc(Br)c(OC)c(C)c1CBr. The van der Waals surface area contributed by atoms with Crippen molar-refractivity contribution in [3.05, 3.63) is 21.7 Å². The molecular formula is C10H12Br2O2. The summed E-state index contributed by atoms with van der Waals surface area (Å²) in [6.07, 6.45) is 0. The first kappa shape index (κ1) is 11.9. The van der Waals surface area contributed by atoms with E-state index in [-0.39, 0.29) is 0 Å². The third kappa shape index (κ3) is 2.06. The molecule has 78 valence electrons. The average Bonchev–Trinajstić information content (AvgIpc) is 2.17. The van der Waals surface area contributed by atoms with Gasteiger partial charge in [0.25, 0.3) is 0 Å². The third-order valence-electron chi connectivity index (χ3n) is 2.12. The molecule has 0 amide bonds. The zero-order chi connectivity index (χ0) is 10.7. The van der Waals surface area contributed by atoms with Crippen LogP contribution in [-0.2, 0) is 5.33 Å². The molecule has 1 aromatic rings. The highest BCUT2D eigenvalue weighted by Gasteiger charge is 2.13. The van der Waals surface area contributed by atoms with Gasteiger partial charge in [-0.25, -0.2) is 0 Å². The van der Waals surface area contributed by atoms with E-state index in [1.807, 2.05) is 13.0 Å². The van der Waals surface area contributed by atoms with Crippen molar-refractivity contribution in [2.24, 2.45) is 0 Å². The van der Waals surface area contributed by atoms with Crippen LogP contribution in [-0.4, -0.2) is 14.2 Å². The number of hydrogen-bond donors (Lipinski definition) is 0. The first-order valence-corrected chi connectivity index (χ1v) is 6.03. The van der Waals surface area contributed by atoms with Crippen LogP contribution in [0.4, 0.5) is 0 Å². The molecule has 0 radical (unpaired) electrons. The molecule has 0 spiro atoms. The second kappa shape index (κ2) is 5.03. The van der Waals surface area contributed by atoms with Crippen molar-refractivity contribution in [3.63, 3.8) is 0 Å². The maximum absolute atomic E-state index is 5.29.